The van der Waals surface area contributed by atoms with Crippen molar-refractivity contribution in [3.05, 3.63) is 23.9 Å². The van der Waals surface area contributed by atoms with Crippen LogP contribution in [0.4, 0.5) is 10.6 Å². The number of anilines is 1. The second-order valence-corrected chi connectivity index (χ2v) is 6.73. The second kappa shape index (κ2) is 7.66. The summed E-state index contributed by atoms with van der Waals surface area (Å²) < 4.78 is 0. The minimum Gasteiger partial charge on any atom is -0.356 e. The van der Waals surface area contributed by atoms with Crippen molar-refractivity contribution in [2.75, 3.05) is 24.5 Å². The van der Waals surface area contributed by atoms with Crippen molar-refractivity contribution >= 4 is 11.8 Å². The molecule has 23 heavy (non-hydrogen) atoms. The molecule has 2 saturated heterocycles. The Morgan fingerprint density at radius 2 is 2.00 bits per heavy atom. The van der Waals surface area contributed by atoms with Gasteiger partial charge in [0, 0.05) is 44.0 Å². The third-order valence-electron chi connectivity index (χ3n) is 5.02. The summed E-state index contributed by atoms with van der Waals surface area (Å²) in [5.74, 6) is 1.04. The number of hydrogen-bond donors (Lipinski definition) is 1. The van der Waals surface area contributed by atoms with Crippen LogP contribution in [0.2, 0.25) is 0 Å². The number of amides is 2. The highest BCUT2D eigenvalue weighted by atomic mass is 16.2. The van der Waals surface area contributed by atoms with Gasteiger partial charge >= 0.3 is 6.03 Å². The minimum atomic E-state index is 0.0608. The normalized spacial score (nSPS) is 22.0. The topological polar surface area (TPSA) is 48.5 Å². The maximum Gasteiger partial charge on any atom is 0.317 e. The summed E-state index contributed by atoms with van der Waals surface area (Å²) in [4.78, 5) is 21.3. The molecular formula is C18H28N4O. The quantitative estimate of drug-likeness (QED) is 0.932. The molecule has 5 nitrogen and oxygen atoms in total. The number of likely N-dealkylation sites (tertiary alicyclic amines) is 1. The molecule has 1 N–H and O–H groups in total. The molecule has 0 radical (unpaired) electrons. The van der Waals surface area contributed by atoms with Crippen LogP contribution in [0.3, 0.4) is 0 Å². The Hall–Kier alpha value is -1.78. The highest BCUT2D eigenvalue weighted by Crippen LogP contribution is 2.22. The zero-order chi connectivity index (χ0) is 16.1. The number of pyridine rings is 1. The molecule has 2 aliphatic rings. The van der Waals surface area contributed by atoms with Crippen LogP contribution >= 0.6 is 0 Å². The first-order valence-corrected chi connectivity index (χ1v) is 8.99. The van der Waals surface area contributed by atoms with Crippen LogP contribution in [0.1, 0.15) is 51.0 Å². The smallest absolute Gasteiger partial charge is 0.317 e. The molecular weight excluding hydrogens is 288 g/mol. The molecule has 0 aromatic carbocycles. The van der Waals surface area contributed by atoms with Gasteiger partial charge in [-0.25, -0.2) is 9.78 Å². The lowest BCUT2D eigenvalue weighted by atomic mass is 10.0. The molecule has 5 heteroatoms. The fourth-order valence-electron chi connectivity index (χ4n) is 3.63. The number of aromatic nitrogens is 1. The molecule has 1 aromatic heterocycles. The van der Waals surface area contributed by atoms with Gasteiger partial charge < -0.3 is 15.1 Å². The van der Waals surface area contributed by atoms with Gasteiger partial charge in [0.2, 0.25) is 0 Å². The number of carbonyl (C=O) groups is 1. The van der Waals surface area contributed by atoms with E-state index in [-0.39, 0.29) is 6.03 Å². The molecule has 2 amide bonds. The Labute approximate surface area is 139 Å². The van der Waals surface area contributed by atoms with Gasteiger partial charge in [0.25, 0.3) is 0 Å². The number of carbonyl (C=O) groups excluding carboxylic acids is 1. The van der Waals surface area contributed by atoms with E-state index >= 15 is 0 Å². The van der Waals surface area contributed by atoms with Crippen LogP contribution in [-0.2, 0) is 6.54 Å². The highest BCUT2D eigenvalue weighted by Gasteiger charge is 2.23. The van der Waals surface area contributed by atoms with Gasteiger partial charge in [-0.3, -0.25) is 0 Å². The fraction of sp³-hybridized carbons (Fsp3) is 0.667. The van der Waals surface area contributed by atoms with Gasteiger partial charge in [0.05, 0.1) is 0 Å². The minimum absolute atomic E-state index is 0.0608. The summed E-state index contributed by atoms with van der Waals surface area (Å²) in [7, 11) is 0. The van der Waals surface area contributed by atoms with Gasteiger partial charge in [-0.1, -0.05) is 6.07 Å². The van der Waals surface area contributed by atoms with Gasteiger partial charge in [-0.15, -0.1) is 0 Å². The Morgan fingerprint density at radius 1 is 1.22 bits per heavy atom. The summed E-state index contributed by atoms with van der Waals surface area (Å²) in [6.07, 6.45) is 9.07. The molecule has 1 atom stereocenters. The van der Waals surface area contributed by atoms with Crippen molar-refractivity contribution in [2.45, 2.75) is 58.0 Å². The van der Waals surface area contributed by atoms with Crippen LogP contribution in [-0.4, -0.2) is 41.6 Å². The van der Waals surface area contributed by atoms with Crippen LogP contribution in [0.15, 0.2) is 18.3 Å². The molecule has 0 bridgehead atoms. The van der Waals surface area contributed by atoms with E-state index in [0.29, 0.717) is 12.6 Å². The van der Waals surface area contributed by atoms with E-state index < -0.39 is 0 Å². The summed E-state index contributed by atoms with van der Waals surface area (Å²) in [5, 5.41) is 3.10. The Morgan fingerprint density at radius 3 is 2.78 bits per heavy atom. The van der Waals surface area contributed by atoms with Crippen molar-refractivity contribution in [2.24, 2.45) is 0 Å². The molecule has 126 valence electrons. The Kier molecular flexibility index (Phi) is 5.36. The van der Waals surface area contributed by atoms with Crippen LogP contribution in [0.25, 0.3) is 0 Å². The summed E-state index contributed by atoms with van der Waals surface area (Å²) >= 11 is 0. The van der Waals surface area contributed by atoms with Crippen molar-refractivity contribution in [1.29, 1.82) is 0 Å². The Bertz CT molecular complexity index is 528. The predicted molar refractivity (Wildman–Crippen MR) is 92.6 cm³/mol. The van der Waals surface area contributed by atoms with E-state index in [1.54, 1.807) is 0 Å². The number of piperidine rings is 2. The second-order valence-electron chi connectivity index (χ2n) is 6.73. The van der Waals surface area contributed by atoms with E-state index in [9.17, 15) is 4.79 Å². The number of rotatable bonds is 3. The third-order valence-corrected chi connectivity index (χ3v) is 5.02. The molecule has 3 rings (SSSR count). The lowest BCUT2D eigenvalue weighted by molar-refractivity contribution is 0.158. The zero-order valence-corrected chi connectivity index (χ0v) is 14.1. The number of nitrogens with one attached hydrogen (secondary N) is 1. The number of nitrogens with zero attached hydrogens (tertiary/aromatic N) is 3. The SMILES string of the molecule is CC1CCCCN1C(=O)NCc1cccnc1N1CCCCC1. The average Bonchev–Trinajstić information content (AvgIpc) is 2.61. The van der Waals surface area contributed by atoms with Crippen LogP contribution in [0.5, 0.6) is 0 Å². The monoisotopic (exact) mass is 316 g/mol. The first kappa shape index (κ1) is 16.1. The standard InChI is InChI=1S/C18H28N4O/c1-15-8-3-6-13-22(15)18(23)20-14-16-9-7-10-19-17(16)21-11-4-2-5-12-21/h7,9-10,15H,2-6,8,11-14H2,1H3,(H,20,23). The maximum atomic E-state index is 12.5. The van der Waals surface area contributed by atoms with Crippen LogP contribution in [0, 0.1) is 0 Å². The molecule has 2 fully saturated rings. The number of urea groups is 1. The third kappa shape index (κ3) is 3.95. The van der Waals surface area contributed by atoms with Crippen molar-refractivity contribution in [3.8, 4) is 0 Å². The van der Waals surface area contributed by atoms with Crippen LogP contribution < -0.4 is 10.2 Å². The van der Waals surface area contributed by atoms with Gasteiger partial charge in [-0.2, -0.15) is 0 Å². The lowest BCUT2D eigenvalue weighted by Gasteiger charge is -2.33. The van der Waals surface area contributed by atoms with E-state index in [1.807, 2.05) is 17.2 Å². The summed E-state index contributed by atoms with van der Waals surface area (Å²) in [5.41, 5.74) is 1.12. The van der Waals surface area contributed by atoms with Crippen molar-refractivity contribution in [1.82, 2.24) is 15.2 Å². The fourth-order valence-corrected chi connectivity index (χ4v) is 3.63. The van der Waals surface area contributed by atoms with Gasteiger partial charge in [0.1, 0.15) is 5.82 Å². The summed E-state index contributed by atoms with van der Waals surface area (Å²) in [6.45, 7) is 5.71. The van der Waals surface area contributed by atoms with Gasteiger partial charge in [-0.05, 0) is 51.5 Å². The average molecular weight is 316 g/mol. The summed E-state index contributed by atoms with van der Waals surface area (Å²) in [6, 6.07) is 4.44. The Balaban J connectivity index is 1.62. The first-order valence-electron chi connectivity index (χ1n) is 8.99. The highest BCUT2D eigenvalue weighted by molar-refractivity contribution is 5.74. The molecule has 0 aliphatic carbocycles. The molecule has 2 aliphatic heterocycles. The number of hydrogen-bond acceptors (Lipinski definition) is 3. The zero-order valence-electron chi connectivity index (χ0n) is 14.1. The lowest BCUT2D eigenvalue weighted by Crippen LogP contribution is -2.47. The molecule has 0 spiro atoms. The van der Waals surface area contributed by atoms with E-state index in [2.05, 4.69) is 28.2 Å². The van der Waals surface area contributed by atoms with Crippen molar-refractivity contribution < 1.29 is 4.79 Å². The molecule has 1 aromatic rings. The van der Waals surface area contributed by atoms with Gasteiger partial charge in [0.15, 0.2) is 0 Å². The molecule has 1 unspecified atom stereocenters. The maximum absolute atomic E-state index is 12.5. The van der Waals surface area contributed by atoms with Crippen molar-refractivity contribution in [3.63, 3.8) is 0 Å². The van der Waals surface area contributed by atoms with E-state index in [0.717, 1.165) is 43.9 Å². The van der Waals surface area contributed by atoms with E-state index in [4.69, 9.17) is 0 Å². The first-order chi connectivity index (χ1) is 11.3. The largest absolute Gasteiger partial charge is 0.356 e. The molecule has 3 heterocycles. The van der Waals surface area contributed by atoms with E-state index in [1.165, 1.54) is 25.7 Å². The predicted octanol–water partition coefficient (Wildman–Crippen LogP) is 3.16. The molecule has 0 saturated carbocycles.